The van der Waals surface area contributed by atoms with Gasteiger partial charge in [0.25, 0.3) is 5.91 Å². The summed E-state index contributed by atoms with van der Waals surface area (Å²) in [5.41, 5.74) is 2.03. The van der Waals surface area contributed by atoms with Gasteiger partial charge in [0.15, 0.2) is 0 Å². The number of carbonyl (C=O) groups is 2. The third kappa shape index (κ3) is 2.77. The molecule has 0 spiro atoms. The lowest BCUT2D eigenvalue weighted by Crippen LogP contribution is -2.32. The van der Waals surface area contributed by atoms with E-state index in [9.17, 15) is 9.59 Å². The number of thiophene rings is 1. The van der Waals surface area contributed by atoms with Crippen molar-refractivity contribution in [3.8, 4) is 0 Å². The van der Waals surface area contributed by atoms with Crippen molar-refractivity contribution in [2.45, 2.75) is 19.0 Å². The number of urea groups is 1. The Labute approximate surface area is 169 Å². The zero-order valence-electron chi connectivity index (χ0n) is 14.7. The lowest BCUT2D eigenvalue weighted by Gasteiger charge is -2.12. The van der Waals surface area contributed by atoms with Crippen molar-refractivity contribution in [2.24, 2.45) is 0 Å². The Bertz CT molecular complexity index is 1230. The van der Waals surface area contributed by atoms with Gasteiger partial charge in [-0.1, -0.05) is 48.0 Å². The highest BCUT2D eigenvalue weighted by Gasteiger charge is 2.38. The van der Waals surface area contributed by atoms with Crippen molar-refractivity contribution in [2.75, 3.05) is 0 Å². The van der Waals surface area contributed by atoms with E-state index < -0.39 is 6.04 Å². The quantitative estimate of drug-likeness (QED) is 0.480. The van der Waals surface area contributed by atoms with E-state index in [1.165, 1.54) is 16.2 Å². The molecule has 0 saturated carbocycles. The smallest absolute Gasteiger partial charge is 0.325 e. The highest BCUT2D eigenvalue weighted by atomic mass is 35.5. The van der Waals surface area contributed by atoms with E-state index in [0.29, 0.717) is 11.4 Å². The number of amides is 3. The first kappa shape index (κ1) is 17.3. The number of halogens is 1. The monoisotopic (exact) mass is 409 g/mol. The van der Waals surface area contributed by atoms with Crippen LogP contribution in [-0.2, 0) is 17.8 Å². The first-order valence-electron chi connectivity index (χ1n) is 8.94. The number of nitrogens with one attached hydrogen (secondary N) is 2. The van der Waals surface area contributed by atoms with Gasteiger partial charge in [-0.3, -0.25) is 9.69 Å². The fraction of sp³-hybridized carbons (Fsp3) is 0.143. The van der Waals surface area contributed by atoms with Crippen molar-refractivity contribution < 1.29 is 9.59 Å². The van der Waals surface area contributed by atoms with Gasteiger partial charge in [0.2, 0.25) is 0 Å². The van der Waals surface area contributed by atoms with Gasteiger partial charge in [-0.25, -0.2) is 4.79 Å². The minimum atomic E-state index is -0.570. The van der Waals surface area contributed by atoms with Crippen LogP contribution in [0.4, 0.5) is 4.79 Å². The Morgan fingerprint density at radius 2 is 1.79 bits per heavy atom. The molecular weight excluding hydrogens is 394 g/mol. The molecule has 2 aromatic carbocycles. The molecule has 0 bridgehead atoms. The summed E-state index contributed by atoms with van der Waals surface area (Å²) in [7, 11) is 0. The van der Waals surface area contributed by atoms with Crippen LogP contribution in [-0.4, -0.2) is 27.9 Å². The van der Waals surface area contributed by atoms with Gasteiger partial charge < -0.3 is 10.3 Å². The number of nitrogens with zero attached hydrogens (tertiary/aromatic N) is 1. The molecule has 5 nitrogen and oxygen atoms in total. The topological polar surface area (TPSA) is 65.2 Å². The Balaban J connectivity index is 1.39. The van der Waals surface area contributed by atoms with Crippen molar-refractivity contribution in [3.63, 3.8) is 0 Å². The van der Waals surface area contributed by atoms with Gasteiger partial charge in [-0.05, 0) is 17.7 Å². The van der Waals surface area contributed by atoms with Crippen LogP contribution >= 0.6 is 22.9 Å². The van der Waals surface area contributed by atoms with Crippen LogP contribution in [0.1, 0.15) is 10.4 Å². The lowest BCUT2D eigenvalue weighted by atomic mass is 10.1. The Morgan fingerprint density at radius 3 is 2.61 bits per heavy atom. The standard InChI is InChI=1S/C21H16ClN3O2S/c22-19-14-6-2-4-8-17(14)28-18(19)11-25-20(26)16(24-21(25)27)9-12-10-23-15-7-3-1-5-13(12)15/h1-8,10,16,23H,9,11H2,(H,24,27). The van der Waals surface area contributed by atoms with Gasteiger partial charge in [0.05, 0.1) is 11.6 Å². The van der Waals surface area contributed by atoms with Crippen LogP contribution in [0.25, 0.3) is 21.0 Å². The molecule has 5 rings (SSSR count). The van der Waals surface area contributed by atoms with Gasteiger partial charge in [-0.15, -0.1) is 11.3 Å². The number of hydrogen-bond acceptors (Lipinski definition) is 3. The molecule has 2 aromatic heterocycles. The summed E-state index contributed by atoms with van der Waals surface area (Å²) in [4.78, 5) is 30.7. The summed E-state index contributed by atoms with van der Waals surface area (Å²) in [5.74, 6) is -0.219. The molecule has 3 amide bonds. The number of carbonyl (C=O) groups excluding carboxylic acids is 2. The number of H-pyrrole nitrogens is 1. The number of para-hydroxylation sites is 1. The van der Waals surface area contributed by atoms with Crippen LogP contribution < -0.4 is 5.32 Å². The maximum absolute atomic E-state index is 12.9. The summed E-state index contributed by atoms with van der Waals surface area (Å²) in [6.07, 6.45) is 2.35. The van der Waals surface area contributed by atoms with Gasteiger partial charge in [0.1, 0.15) is 6.04 Å². The second-order valence-corrected chi connectivity index (χ2v) is 8.34. The van der Waals surface area contributed by atoms with Crippen LogP contribution in [0.3, 0.4) is 0 Å². The molecule has 28 heavy (non-hydrogen) atoms. The number of aromatic nitrogens is 1. The maximum atomic E-state index is 12.9. The zero-order chi connectivity index (χ0) is 19.3. The van der Waals surface area contributed by atoms with Crippen LogP contribution in [0, 0.1) is 0 Å². The van der Waals surface area contributed by atoms with Crippen LogP contribution in [0.2, 0.25) is 5.02 Å². The van der Waals surface area contributed by atoms with Crippen molar-refractivity contribution >= 4 is 55.9 Å². The number of hydrogen-bond donors (Lipinski definition) is 2. The van der Waals surface area contributed by atoms with Crippen LogP contribution in [0.5, 0.6) is 0 Å². The molecule has 4 aromatic rings. The van der Waals surface area contributed by atoms with E-state index in [-0.39, 0.29) is 18.5 Å². The molecular formula is C21H16ClN3O2S. The van der Waals surface area contributed by atoms with Crippen molar-refractivity contribution in [1.29, 1.82) is 0 Å². The van der Waals surface area contributed by atoms with Crippen LogP contribution in [0.15, 0.2) is 54.7 Å². The Morgan fingerprint density at radius 1 is 1.04 bits per heavy atom. The maximum Gasteiger partial charge on any atom is 0.325 e. The molecule has 0 aliphatic carbocycles. The highest BCUT2D eigenvalue weighted by Crippen LogP contribution is 2.36. The van der Waals surface area contributed by atoms with E-state index in [2.05, 4.69) is 10.3 Å². The van der Waals surface area contributed by atoms with Crippen molar-refractivity contribution in [3.05, 3.63) is 70.2 Å². The lowest BCUT2D eigenvalue weighted by molar-refractivity contribution is -0.127. The normalized spacial score (nSPS) is 17.0. The predicted molar refractivity (Wildman–Crippen MR) is 112 cm³/mol. The molecule has 1 aliphatic rings. The molecule has 0 radical (unpaired) electrons. The third-order valence-electron chi connectivity index (χ3n) is 5.11. The SMILES string of the molecule is O=C1NC(Cc2c[nH]c3ccccc23)C(=O)N1Cc1sc2ccccc2c1Cl. The highest BCUT2D eigenvalue weighted by molar-refractivity contribution is 7.19. The third-order valence-corrected chi connectivity index (χ3v) is 6.81. The Hall–Kier alpha value is -2.83. The molecule has 1 fully saturated rings. The summed E-state index contributed by atoms with van der Waals surface area (Å²) >= 11 is 8.00. The summed E-state index contributed by atoms with van der Waals surface area (Å²) < 4.78 is 1.05. The minimum Gasteiger partial charge on any atom is -0.361 e. The minimum absolute atomic E-state index is 0.188. The molecule has 1 atom stereocenters. The number of imide groups is 1. The Kier molecular flexibility index (Phi) is 4.10. The molecule has 1 unspecified atom stereocenters. The molecule has 140 valence electrons. The number of rotatable bonds is 4. The first-order chi connectivity index (χ1) is 13.6. The van der Waals surface area contributed by atoms with E-state index in [1.807, 2.05) is 54.7 Å². The summed E-state index contributed by atoms with van der Waals surface area (Å²) in [6.45, 7) is 0.188. The van der Waals surface area contributed by atoms with Gasteiger partial charge >= 0.3 is 6.03 Å². The molecule has 3 heterocycles. The van der Waals surface area contributed by atoms with E-state index in [4.69, 9.17) is 11.6 Å². The number of benzene rings is 2. The van der Waals surface area contributed by atoms with E-state index in [1.54, 1.807) is 0 Å². The fourth-order valence-corrected chi connectivity index (χ4v) is 5.18. The number of aromatic amines is 1. The first-order valence-corrected chi connectivity index (χ1v) is 10.1. The molecule has 7 heteroatoms. The number of fused-ring (bicyclic) bond motifs is 2. The molecule has 1 aliphatic heterocycles. The van der Waals surface area contributed by atoms with Gasteiger partial charge in [-0.2, -0.15) is 0 Å². The second-order valence-electron chi connectivity index (χ2n) is 6.83. The summed E-state index contributed by atoms with van der Waals surface area (Å²) in [6, 6.07) is 14.8. The van der Waals surface area contributed by atoms with E-state index in [0.717, 1.165) is 31.4 Å². The average Bonchev–Trinajstić information content (AvgIpc) is 3.34. The average molecular weight is 410 g/mol. The predicted octanol–water partition coefficient (Wildman–Crippen LogP) is 4.70. The second kappa shape index (κ2) is 6.65. The zero-order valence-corrected chi connectivity index (χ0v) is 16.3. The van der Waals surface area contributed by atoms with Gasteiger partial charge in [0, 0.05) is 38.5 Å². The molecule has 1 saturated heterocycles. The summed E-state index contributed by atoms with van der Waals surface area (Å²) in [5, 5.41) is 5.44. The molecule has 2 N–H and O–H groups in total. The van der Waals surface area contributed by atoms with Crippen molar-refractivity contribution in [1.82, 2.24) is 15.2 Å². The largest absolute Gasteiger partial charge is 0.361 e. The fourth-order valence-electron chi connectivity index (χ4n) is 3.70. The van der Waals surface area contributed by atoms with E-state index >= 15 is 0 Å².